The van der Waals surface area contributed by atoms with Crippen LogP contribution in [-0.2, 0) is 6.54 Å². The number of ether oxygens (including phenoxy) is 1. The first kappa shape index (κ1) is 19.3. The van der Waals surface area contributed by atoms with Crippen LogP contribution in [0.25, 0.3) is 0 Å². The summed E-state index contributed by atoms with van der Waals surface area (Å²) >= 11 is 6.26. The van der Waals surface area contributed by atoms with Crippen LogP contribution in [0, 0.1) is 17.2 Å². The van der Waals surface area contributed by atoms with Crippen molar-refractivity contribution in [2.45, 2.75) is 50.3 Å². The van der Waals surface area contributed by atoms with Gasteiger partial charge in [-0.3, -0.25) is 0 Å². The fourth-order valence-corrected chi connectivity index (χ4v) is 5.03. The van der Waals surface area contributed by atoms with Gasteiger partial charge in [-0.05, 0) is 56.0 Å². The van der Waals surface area contributed by atoms with Crippen LogP contribution in [0.5, 0.6) is 5.75 Å². The molecule has 1 fully saturated rings. The largest absolute Gasteiger partial charge is 0.490 e. The molecular weight excluding hydrogens is 398 g/mol. The van der Waals surface area contributed by atoms with Gasteiger partial charge in [0.15, 0.2) is 0 Å². The number of rotatable bonds is 3. The van der Waals surface area contributed by atoms with Crippen LogP contribution < -0.4 is 10.1 Å². The van der Waals surface area contributed by atoms with E-state index in [1.165, 1.54) is 0 Å². The lowest BCUT2D eigenvalue weighted by Crippen LogP contribution is -2.28. The second-order valence-electron chi connectivity index (χ2n) is 8.27. The lowest BCUT2D eigenvalue weighted by molar-refractivity contribution is 0.144. The predicted molar refractivity (Wildman–Crippen MR) is 114 cm³/mol. The summed E-state index contributed by atoms with van der Waals surface area (Å²) in [6, 6.07) is 9.72. The van der Waals surface area contributed by atoms with Crippen LogP contribution in [0.3, 0.4) is 0 Å². The Morgan fingerprint density at radius 2 is 1.93 bits per heavy atom. The van der Waals surface area contributed by atoms with Crippen LogP contribution in [0.1, 0.15) is 54.9 Å². The van der Waals surface area contributed by atoms with E-state index in [2.05, 4.69) is 38.3 Å². The van der Waals surface area contributed by atoms with Crippen molar-refractivity contribution in [1.82, 2.24) is 20.1 Å². The monoisotopic (exact) mass is 421 g/mol. The van der Waals surface area contributed by atoms with Gasteiger partial charge in [0.2, 0.25) is 0 Å². The molecule has 0 bridgehead atoms. The number of hydrogen-bond acceptors (Lipinski definition) is 5. The molecule has 1 N–H and O–H groups in total. The molecule has 0 spiro atoms. The van der Waals surface area contributed by atoms with Crippen LogP contribution in [-0.4, -0.2) is 27.4 Å². The third-order valence-electron chi connectivity index (χ3n) is 6.34. The SMILES string of the molecule is N#Cc1ccc(O[C@H]2CC[C@H](c3nnc4n3C3C=CC(Cl)=CC3CNC4)CC2)cc1. The van der Waals surface area contributed by atoms with Crippen molar-refractivity contribution in [3.8, 4) is 11.8 Å². The number of fused-ring (bicyclic) bond motifs is 3. The van der Waals surface area contributed by atoms with Gasteiger partial charge in [0.25, 0.3) is 0 Å². The number of halogens is 1. The molecule has 0 saturated heterocycles. The molecule has 5 rings (SSSR count). The Balaban J connectivity index is 1.29. The second-order valence-corrected chi connectivity index (χ2v) is 8.70. The second kappa shape index (κ2) is 8.25. The van der Waals surface area contributed by atoms with Crippen molar-refractivity contribution in [2.24, 2.45) is 5.92 Å². The highest BCUT2D eigenvalue weighted by Gasteiger charge is 2.34. The standard InChI is InChI=1S/C23H24ClN5O/c24-18-5-10-21-17(11-18)13-26-14-22-27-28-23(29(21)22)16-3-8-20(9-4-16)30-19-6-1-15(12-25)2-7-19/h1-2,5-7,10-11,16-17,20-21,26H,3-4,8-9,13-14H2/t16-,17?,20-,21?. The Bertz CT molecular complexity index is 1010. The molecule has 3 aliphatic rings. The topological polar surface area (TPSA) is 75.8 Å². The Morgan fingerprint density at radius 3 is 2.70 bits per heavy atom. The normalized spacial score (nSPS) is 27.9. The summed E-state index contributed by atoms with van der Waals surface area (Å²) in [7, 11) is 0. The maximum atomic E-state index is 8.94. The first-order valence-electron chi connectivity index (χ1n) is 10.6. The minimum Gasteiger partial charge on any atom is -0.490 e. The van der Waals surface area contributed by atoms with Crippen LogP contribution >= 0.6 is 11.6 Å². The van der Waals surface area contributed by atoms with Gasteiger partial charge in [-0.25, -0.2) is 0 Å². The zero-order valence-corrected chi connectivity index (χ0v) is 17.4. The average molecular weight is 422 g/mol. The first-order valence-corrected chi connectivity index (χ1v) is 11.0. The van der Waals surface area contributed by atoms with Crippen molar-refractivity contribution >= 4 is 11.6 Å². The van der Waals surface area contributed by atoms with E-state index in [1.54, 1.807) is 12.1 Å². The number of nitrogens with one attached hydrogen (secondary N) is 1. The average Bonchev–Trinajstić information content (AvgIpc) is 3.10. The molecule has 2 aromatic rings. The van der Waals surface area contributed by atoms with Gasteiger partial charge >= 0.3 is 0 Å². The zero-order valence-electron chi connectivity index (χ0n) is 16.7. The number of nitrogens with zero attached hydrogens (tertiary/aromatic N) is 4. The van der Waals surface area contributed by atoms with E-state index in [-0.39, 0.29) is 12.1 Å². The lowest BCUT2D eigenvalue weighted by Gasteiger charge is -2.31. The van der Waals surface area contributed by atoms with Crippen molar-refractivity contribution in [2.75, 3.05) is 6.54 Å². The molecule has 1 saturated carbocycles. The summed E-state index contributed by atoms with van der Waals surface area (Å²) in [5, 5.41) is 22.3. The van der Waals surface area contributed by atoms with Gasteiger partial charge in [0, 0.05) is 23.4 Å². The van der Waals surface area contributed by atoms with Crippen molar-refractivity contribution < 1.29 is 4.74 Å². The molecule has 7 heteroatoms. The van der Waals surface area contributed by atoms with Crippen LogP contribution in [0.15, 0.2) is 47.5 Å². The van der Waals surface area contributed by atoms with Gasteiger partial charge < -0.3 is 14.6 Å². The smallest absolute Gasteiger partial charge is 0.147 e. The van der Waals surface area contributed by atoms with Crippen molar-refractivity contribution in [3.63, 3.8) is 0 Å². The summed E-state index contributed by atoms with van der Waals surface area (Å²) in [5.41, 5.74) is 0.652. The van der Waals surface area contributed by atoms with E-state index in [0.29, 0.717) is 17.4 Å². The van der Waals surface area contributed by atoms with Gasteiger partial charge in [0.1, 0.15) is 17.4 Å². The fraction of sp³-hybridized carbons (Fsp3) is 0.435. The van der Waals surface area contributed by atoms with E-state index in [1.807, 2.05) is 18.2 Å². The van der Waals surface area contributed by atoms with Crippen molar-refractivity contribution in [1.29, 1.82) is 5.26 Å². The van der Waals surface area contributed by atoms with E-state index in [4.69, 9.17) is 21.6 Å². The number of allylic oxidation sites excluding steroid dienone is 3. The fourth-order valence-electron chi connectivity index (χ4n) is 4.80. The molecule has 0 radical (unpaired) electrons. The summed E-state index contributed by atoms with van der Waals surface area (Å²) in [6.07, 6.45) is 10.6. The number of nitriles is 1. The molecular formula is C23H24ClN5O. The molecule has 2 atom stereocenters. The van der Waals surface area contributed by atoms with Gasteiger partial charge in [-0.2, -0.15) is 5.26 Å². The third-order valence-corrected chi connectivity index (χ3v) is 6.60. The Kier molecular flexibility index (Phi) is 5.32. The molecule has 0 amide bonds. The van der Waals surface area contributed by atoms with Crippen molar-refractivity contribution in [3.05, 3.63) is 64.7 Å². The minimum atomic E-state index is 0.200. The van der Waals surface area contributed by atoms with Crippen LogP contribution in [0.4, 0.5) is 0 Å². The highest BCUT2D eigenvalue weighted by atomic mass is 35.5. The highest BCUT2D eigenvalue weighted by Crippen LogP contribution is 2.38. The summed E-state index contributed by atoms with van der Waals surface area (Å²) in [5.74, 6) is 3.63. The molecule has 2 heterocycles. The molecule has 154 valence electrons. The van der Waals surface area contributed by atoms with Crippen LogP contribution in [0.2, 0.25) is 0 Å². The third kappa shape index (κ3) is 3.76. The van der Waals surface area contributed by atoms with E-state index in [0.717, 1.165) is 61.2 Å². The molecule has 6 nitrogen and oxygen atoms in total. The number of hydrogen-bond donors (Lipinski definition) is 1. The van der Waals surface area contributed by atoms with E-state index < -0.39 is 0 Å². The first-order chi connectivity index (χ1) is 14.7. The number of benzene rings is 1. The van der Waals surface area contributed by atoms with Gasteiger partial charge in [-0.1, -0.05) is 23.8 Å². The summed E-state index contributed by atoms with van der Waals surface area (Å²) in [6.45, 7) is 1.62. The quantitative estimate of drug-likeness (QED) is 0.803. The summed E-state index contributed by atoms with van der Waals surface area (Å²) < 4.78 is 8.50. The molecule has 2 aliphatic carbocycles. The number of aromatic nitrogens is 3. The lowest BCUT2D eigenvalue weighted by atomic mass is 9.86. The van der Waals surface area contributed by atoms with E-state index in [9.17, 15) is 0 Å². The highest BCUT2D eigenvalue weighted by molar-refractivity contribution is 6.31. The Morgan fingerprint density at radius 1 is 1.13 bits per heavy atom. The maximum Gasteiger partial charge on any atom is 0.147 e. The molecule has 1 aliphatic heterocycles. The minimum absolute atomic E-state index is 0.200. The maximum absolute atomic E-state index is 8.94. The van der Waals surface area contributed by atoms with Gasteiger partial charge in [-0.15, -0.1) is 10.2 Å². The zero-order chi connectivity index (χ0) is 20.5. The Labute approximate surface area is 181 Å². The molecule has 1 aromatic heterocycles. The predicted octanol–water partition coefficient (Wildman–Crippen LogP) is 4.21. The van der Waals surface area contributed by atoms with E-state index >= 15 is 0 Å². The molecule has 1 aromatic carbocycles. The summed E-state index contributed by atoms with van der Waals surface area (Å²) in [4.78, 5) is 0. The van der Waals surface area contributed by atoms with Gasteiger partial charge in [0.05, 0.1) is 30.3 Å². The Hall–Kier alpha value is -2.62. The molecule has 2 unspecified atom stereocenters. The molecule has 30 heavy (non-hydrogen) atoms.